The van der Waals surface area contributed by atoms with E-state index in [1.165, 1.54) is 12.1 Å². The molecule has 1 atom stereocenters. The smallest absolute Gasteiger partial charge is 0.257 e. The molecule has 0 aliphatic carbocycles. The van der Waals surface area contributed by atoms with Gasteiger partial charge in [0.25, 0.3) is 5.56 Å². The van der Waals surface area contributed by atoms with Crippen molar-refractivity contribution >= 4 is 23.5 Å². The summed E-state index contributed by atoms with van der Waals surface area (Å²) in [6.45, 7) is 0. The Balaban J connectivity index is 2.13. The fourth-order valence-electron chi connectivity index (χ4n) is 2.58. The Morgan fingerprint density at radius 3 is 2.92 bits per heavy atom. The molecule has 0 saturated carbocycles. The molecule has 0 fully saturated rings. The molecule has 0 unspecified atom stereocenters. The predicted octanol–water partition coefficient (Wildman–Crippen LogP) is 2.25. The summed E-state index contributed by atoms with van der Waals surface area (Å²) in [4.78, 5) is 31.0. The normalized spacial score (nSPS) is 16.2. The van der Waals surface area contributed by atoms with Crippen LogP contribution < -0.4 is 10.9 Å². The molecule has 24 heavy (non-hydrogen) atoms. The van der Waals surface area contributed by atoms with Gasteiger partial charge in [-0.1, -0.05) is 29.8 Å². The van der Waals surface area contributed by atoms with Crippen LogP contribution in [0.15, 0.2) is 28.2 Å². The predicted molar refractivity (Wildman–Crippen MR) is 85.9 cm³/mol. The zero-order valence-corrected chi connectivity index (χ0v) is 13.0. The third-order valence-electron chi connectivity index (χ3n) is 3.58. The number of carbonyl (C=O) groups excluding carboxylic acids is 1. The van der Waals surface area contributed by atoms with Gasteiger partial charge in [0.1, 0.15) is 5.82 Å². The van der Waals surface area contributed by atoms with Crippen LogP contribution in [0.5, 0.6) is 0 Å². The highest BCUT2D eigenvalue weighted by molar-refractivity contribution is 7.99. The lowest BCUT2D eigenvalue weighted by atomic mass is 9.86. The number of aromatic nitrogens is 2. The van der Waals surface area contributed by atoms with E-state index >= 15 is 0 Å². The van der Waals surface area contributed by atoms with Crippen LogP contribution in [0.4, 0.5) is 14.6 Å². The SMILES string of the molecule is C#CCSc1nc2c(c(=O)[nH]1)[C@H](c1cccc(F)c1F)CC(=O)N2. The average molecular weight is 347 g/mol. The van der Waals surface area contributed by atoms with Gasteiger partial charge in [0.05, 0.1) is 11.3 Å². The largest absolute Gasteiger partial charge is 0.310 e. The van der Waals surface area contributed by atoms with E-state index in [2.05, 4.69) is 21.2 Å². The van der Waals surface area contributed by atoms with E-state index in [1.807, 2.05) is 0 Å². The van der Waals surface area contributed by atoms with Crippen LogP contribution in [0.3, 0.4) is 0 Å². The summed E-state index contributed by atoms with van der Waals surface area (Å²) in [6.07, 6.45) is 4.99. The molecule has 5 nitrogen and oxygen atoms in total. The molecule has 3 rings (SSSR count). The van der Waals surface area contributed by atoms with Crippen molar-refractivity contribution in [2.75, 3.05) is 11.1 Å². The first kappa shape index (κ1) is 16.2. The lowest BCUT2D eigenvalue weighted by molar-refractivity contribution is -0.116. The molecule has 0 spiro atoms. The molecule has 1 amide bonds. The van der Waals surface area contributed by atoms with E-state index in [0.717, 1.165) is 17.8 Å². The van der Waals surface area contributed by atoms with Crippen molar-refractivity contribution in [3.63, 3.8) is 0 Å². The fraction of sp³-hybridized carbons (Fsp3) is 0.188. The van der Waals surface area contributed by atoms with Crippen molar-refractivity contribution in [1.29, 1.82) is 0 Å². The van der Waals surface area contributed by atoms with E-state index in [0.29, 0.717) is 0 Å². The van der Waals surface area contributed by atoms with Gasteiger partial charge >= 0.3 is 0 Å². The number of nitrogens with zero attached hydrogens (tertiary/aromatic N) is 1. The van der Waals surface area contributed by atoms with Crippen molar-refractivity contribution in [1.82, 2.24) is 9.97 Å². The van der Waals surface area contributed by atoms with Crippen LogP contribution in [-0.2, 0) is 4.79 Å². The minimum absolute atomic E-state index is 0.0446. The van der Waals surface area contributed by atoms with Crippen molar-refractivity contribution in [3.05, 3.63) is 51.3 Å². The molecule has 122 valence electrons. The minimum Gasteiger partial charge on any atom is -0.310 e. The van der Waals surface area contributed by atoms with Gasteiger partial charge in [-0.05, 0) is 11.6 Å². The Morgan fingerprint density at radius 2 is 2.17 bits per heavy atom. The lowest BCUT2D eigenvalue weighted by Gasteiger charge is -2.24. The Hall–Kier alpha value is -2.66. The number of terminal acetylenes is 1. The third-order valence-corrected chi connectivity index (χ3v) is 4.36. The molecule has 0 bridgehead atoms. The molecular weight excluding hydrogens is 336 g/mol. The second-order valence-electron chi connectivity index (χ2n) is 5.07. The van der Waals surface area contributed by atoms with Gasteiger partial charge in [-0.3, -0.25) is 9.59 Å². The number of fused-ring (bicyclic) bond motifs is 1. The fourth-order valence-corrected chi connectivity index (χ4v) is 3.13. The van der Waals surface area contributed by atoms with Gasteiger partial charge in [0.15, 0.2) is 16.8 Å². The van der Waals surface area contributed by atoms with Gasteiger partial charge in [0.2, 0.25) is 5.91 Å². The highest BCUT2D eigenvalue weighted by Gasteiger charge is 2.33. The van der Waals surface area contributed by atoms with Crippen LogP contribution in [0.1, 0.15) is 23.5 Å². The van der Waals surface area contributed by atoms with Gasteiger partial charge in [-0.25, -0.2) is 13.8 Å². The number of H-pyrrole nitrogens is 1. The summed E-state index contributed by atoms with van der Waals surface area (Å²) < 4.78 is 27.6. The van der Waals surface area contributed by atoms with Crippen LogP contribution in [0, 0.1) is 24.0 Å². The molecule has 0 saturated heterocycles. The first-order chi connectivity index (χ1) is 11.5. The van der Waals surface area contributed by atoms with E-state index in [1.54, 1.807) is 0 Å². The van der Waals surface area contributed by atoms with Crippen LogP contribution >= 0.6 is 11.8 Å². The number of nitrogens with one attached hydrogen (secondary N) is 2. The molecule has 0 radical (unpaired) electrons. The van der Waals surface area contributed by atoms with Crippen LogP contribution in [0.25, 0.3) is 0 Å². The maximum absolute atomic E-state index is 14.1. The zero-order valence-electron chi connectivity index (χ0n) is 12.2. The summed E-state index contributed by atoms with van der Waals surface area (Å²) in [5.41, 5.74) is -0.472. The van der Waals surface area contributed by atoms with Crippen LogP contribution in [-0.4, -0.2) is 21.6 Å². The Kier molecular flexibility index (Phi) is 4.36. The zero-order chi connectivity index (χ0) is 17.3. The summed E-state index contributed by atoms with van der Waals surface area (Å²) in [5.74, 6) is -0.721. The number of hydrogen-bond acceptors (Lipinski definition) is 4. The van der Waals surface area contributed by atoms with Crippen molar-refractivity contribution < 1.29 is 13.6 Å². The number of thioether (sulfide) groups is 1. The molecule has 2 aromatic rings. The second kappa shape index (κ2) is 6.45. The highest BCUT2D eigenvalue weighted by atomic mass is 32.2. The maximum Gasteiger partial charge on any atom is 0.257 e. The molecule has 1 aromatic carbocycles. The number of aromatic amines is 1. The summed E-state index contributed by atoms with van der Waals surface area (Å²) in [5, 5.41) is 2.75. The number of benzene rings is 1. The first-order valence-corrected chi connectivity index (χ1v) is 7.94. The molecule has 8 heteroatoms. The number of anilines is 1. The van der Waals surface area contributed by atoms with Crippen molar-refractivity contribution in [2.45, 2.75) is 17.5 Å². The standard InChI is InChI=1S/C16H11F2N3O2S/c1-2-6-24-16-20-14-12(15(23)21-16)9(7-11(22)19-14)8-4-3-5-10(17)13(8)18/h1,3-5,9H,6-7H2,(H2,19,20,21,22,23)/t9-/m0/s1. The molecule has 1 aromatic heterocycles. The first-order valence-electron chi connectivity index (χ1n) is 6.95. The average Bonchev–Trinajstić information content (AvgIpc) is 2.54. The number of amides is 1. The van der Waals surface area contributed by atoms with Gasteiger partial charge in [-0.2, -0.15) is 0 Å². The van der Waals surface area contributed by atoms with Crippen molar-refractivity contribution in [2.24, 2.45) is 0 Å². The minimum atomic E-state index is -1.08. The van der Waals surface area contributed by atoms with Crippen LogP contribution in [0.2, 0.25) is 0 Å². The molecular formula is C16H11F2N3O2S. The number of hydrogen-bond donors (Lipinski definition) is 2. The second-order valence-corrected chi connectivity index (χ2v) is 6.04. The van der Waals surface area contributed by atoms with Gasteiger partial charge in [-0.15, -0.1) is 6.42 Å². The molecule has 2 heterocycles. The van der Waals surface area contributed by atoms with E-state index in [4.69, 9.17) is 6.42 Å². The van der Waals surface area contributed by atoms with Gasteiger partial charge < -0.3 is 10.3 Å². The monoisotopic (exact) mass is 347 g/mol. The van der Waals surface area contributed by atoms with Crippen molar-refractivity contribution in [3.8, 4) is 12.3 Å². The third kappa shape index (κ3) is 2.90. The highest BCUT2D eigenvalue weighted by Crippen LogP contribution is 2.35. The Morgan fingerprint density at radius 1 is 1.38 bits per heavy atom. The molecule has 1 aliphatic rings. The summed E-state index contributed by atoms with van der Waals surface area (Å²) in [7, 11) is 0. The van der Waals surface area contributed by atoms with Gasteiger partial charge in [0, 0.05) is 12.3 Å². The molecule has 2 N–H and O–H groups in total. The Bertz CT molecular complexity index is 921. The summed E-state index contributed by atoms with van der Waals surface area (Å²) >= 11 is 1.12. The summed E-state index contributed by atoms with van der Waals surface area (Å²) in [6, 6.07) is 3.66. The quantitative estimate of drug-likeness (QED) is 0.507. The van der Waals surface area contributed by atoms with E-state index < -0.39 is 29.0 Å². The Labute approximate surface area is 139 Å². The number of carbonyl (C=O) groups is 1. The van der Waals surface area contributed by atoms with E-state index in [9.17, 15) is 18.4 Å². The van der Waals surface area contributed by atoms with E-state index in [-0.39, 0.29) is 34.3 Å². The number of rotatable bonds is 3. The number of halogens is 2. The topological polar surface area (TPSA) is 74.8 Å². The lowest BCUT2D eigenvalue weighted by Crippen LogP contribution is -2.31. The molecule has 1 aliphatic heterocycles. The maximum atomic E-state index is 14.1.